The summed E-state index contributed by atoms with van der Waals surface area (Å²) in [5.74, 6) is -1.31. The molecule has 2 amide bonds. The number of carbonyl (C=O) groups excluding carboxylic acids is 1. The lowest BCUT2D eigenvalue weighted by molar-refractivity contribution is -0.0267. The first-order chi connectivity index (χ1) is 16.1. The van der Waals surface area contributed by atoms with E-state index in [-0.39, 0.29) is 31.1 Å². The number of aromatic nitrogens is 5. The maximum Gasteiger partial charge on any atom is 0.322 e. The number of anilines is 4. The van der Waals surface area contributed by atoms with Gasteiger partial charge in [0.25, 0.3) is 5.92 Å². The fraction of sp³-hybridized carbons (Fsp3) is 0.476. The molecule has 0 spiro atoms. The molecule has 3 aromatic heterocycles. The van der Waals surface area contributed by atoms with Crippen LogP contribution in [0.25, 0.3) is 11.0 Å². The number of urea groups is 1. The highest BCUT2D eigenvalue weighted by Crippen LogP contribution is 2.32. The van der Waals surface area contributed by atoms with Gasteiger partial charge in [-0.25, -0.2) is 23.5 Å². The van der Waals surface area contributed by atoms with Crippen molar-refractivity contribution in [3.05, 3.63) is 24.0 Å². The lowest BCUT2D eigenvalue weighted by Crippen LogP contribution is -2.56. The third-order valence-corrected chi connectivity index (χ3v) is 6.25. The van der Waals surface area contributed by atoms with Crippen molar-refractivity contribution in [3.63, 3.8) is 0 Å². The molecule has 0 saturated carbocycles. The molecule has 2 saturated heterocycles. The molecule has 0 bridgehead atoms. The molecule has 13 heteroatoms. The number of halogens is 2. The highest BCUT2D eigenvalue weighted by Gasteiger charge is 2.44. The van der Waals surface area contributed by atoms with Crippen molar-refractivity contribution in [1.29, 1.82) is 0 Å². The highest BCUT2D eigenvalue weighted by atomic mass is 19.3. The minimum absolute atomic E-state index is 0.0263. The van der Waals surface area contributed by atoms with E-state index in [0.717, 1.165) is 5.52 Å². The largest absolute Gasteiger partial charge is 0.368 e. The van der Waals surface area contributed by atoms with Crippen LogP contribution in [-0.4, -0.2) is 80.4 Å². The second-order valence-electron chi connectivity index (χ2n) is 8.84. The number of alkyl halides is 2. The van der Waals surface area contributed by atoms with E-state index in [0.29, 0.717) is 48.2 Å². The Morgan fingerprint density at radius 2 is 1.97 bits per heavy atom. The van der Waals surface area contributed by atoms with Crippen LogP contribution in [0.15, 0.2) is 18.3 Å². The lowest BCUT2D eigenvalue weighted by atomic mass is 10.1. The van der Waals surface area contributed by atoms with Gasteiger partial charge in [-0.1, -0.05) is 0 Å². The molecule has 2 aliphatic rings. The Hall–Kier alpha value is -3.77. The zero-order valence-electron chi connectivity index (χ0n) is 19.2. The van der Waals surface area contributed by atoms with E-state index in [1.807, 2.05) is 14.0 Å². The summed E-state index contributed by atoms with van der Waals surface area (Å²) >= 11 is 0. The Bertz CT molecular complexity index is 1250. The van der Waals surface area contributed by atoms with Gasteiger partial charge >= 0.3 is 6.03 Å². The third-order valence-electron chi connectivity index (χ3n) is 6.25. The number of nitrogens with two attached hydrogens (primary N) is 1. The zero-order valence-corrected chi connectivity index (χ0v) is 19.2. The molecule has 34 heavy (non-hydrogen) atoms. The summed E-state index contributed by atoms with van der Waals surface area (Å²) in [5.41, 5.74) is 8.50. The first-order valence-electron chi connectivity index (χ1n) is 11.0. The molecule has 0 aliphatic carbocycles. The number of carbonyl (C=O) groups is 1. The lowest BCUT2D eigenvalue weighted by Gasteiger charge is -2.40. The van der Waals surface area contributed by atoms with E-state index in [4.69, 9.17) is 5.73 Å². The van der Waals surface area contributed by atoms with Gasteiger partial charge in [0.15, 0.2) is 5.82 Å². The average molecular weight is 473 g/mol. The molecule has 3 aromatic rings. The van der Waals surface area contributed by atoms with Gasteiger partial charge in [-0.05, 0) is 26.0 Å². The van der Waals surface area contributed by atoms with Crippen molar-refractivity contribution >= 4 is 40.3 Å². The van der Waals surface area contributed by atoms with Crippen molar-refractivity contribution in [3.8, 4) is 0 Å². The van der Waals surface area contributed by atoms with Crippen molar-refractivity contribution < 1.29 is 13.6 Å². The summed E-state index contributed by atoms with van der Waals surface area (Å²) < 4.78 is 28.0. The van der Waals surface area contributed by atoms with Crippen molar-refractivity contribution in [2.45, 2.75) is 25.8 Å². The van der Waals surface area contributed by atoms with Crippen LogP contribution in [0, 0.1) is 6.92 Å². The number of aryl methyl sites for hydroxylation is 2. The SMILES string of the molecule is Cc1nc(N2CC(F)(F)C2)ccc1NC(=O)N1CCN(c2nc(N)nc3cnn(C)c23)[C@@H](C)C1. The van der Waals surface area contributed by atoms with Crippen molar-refractivity contribution in [2.75, 3.05) is 53.6 Å². The van der Waals surface area contributed by atoms with E-state index >= 15 is 0 Å². The van der Waals surface area contributed by atoms with Crippen LogP contribution >= 0.6 is 0 Å². The van der Waals surface area contributed by atoms with Crippen molar-refractivity contribution in [1.82, 2.24) is 29.6 Å². The maximum atomic E-state index is 13.1. The van der Waals surface area contributed by atoms with Gasteiger partial charge in [0.2, 0.25) is 5.95 Å². The van der Waals surface area contributed by atoms with Crippen LogP contribution in [-0.2, 0) is 7.05 Å². The number of piperazine rings is 1. The fourth-order valence-electron chi connectivity index (χ4n) is 4.46. The van der Waals surface area contributed by atoms with Gasteiger partial charge in [-0.2, -0.15) is 10.1 Å². The molecule has 5 rings (SSSR count). The van der Waals surface area contributed by atoms with Gasteiger partial charge in [-0.15, -0.1) is 0 Å². The number of hydrogen-bond donors (Lipinski definition) is 2. The molecule has 11 nitrogen and oxygen atoms in total. The van der Waals surface area contributed by atoms with E-state index < -0.39 is 5.92 Å². The Kier molecular flexibility index (Phi) is 5.14. The molecule has 2 fully saturated rings. The molecule has 5 heterocycles. The first kappa shape index (κ1) is 22.0. The summed E-state index contributed by atoms with van der Waals surface area (Å²) in [5, 5.41) is 7.16. The van der Waals surface area contributed by atoms with Crippen molar-refractivity contribution in [2.24, 2.45) is 7.05 Å². The predicted octanol–water partition coefficient (Wildman–Crippen LogP) is 1.85. The van der Waals surface area contributed by atoms with Crippen LogP contribution in [0.5, 0.6) is 0 Å². The number of nitrogens with zero attached hydrogens (tertiary/aromatic N) is 8. The second-order valence-corrected chi connectivity index (χ2v) is 8.84. The fourth-order valence-corrected chi connectivity index (χ4v) is 4.46. The normalized spacial score (nSPS) is 19.9. The number of pyridine rings is 1. The molecular weight excluding hydrogens is 446 g/mol. The topological polar surface area (TPSA) is 121 Å². The minimum Gasteiger partial charge on any atom is -0.368 e. The minimum atomic E-state index is -2.67. The number of rotatable bonds is 3. The highest BCUT2D eigenvalue weighted by molar-refractivity contribution is 5.91. The Morgan fingerprint density at radius 3 is 2.65 bits per heavy atom. The zero-order chi connectivity index (χ0) is 24.2. The molecular formula is C21H26F2N10O. The molecule has 0 radical (unpaired) electrons. The smallest absolute Gasteiger partial charge is 0.322 e. The second kappa shape index (κ2) is 7.92. The van der Waals surface area contributed by atoms with E-state index in [2.05, 4.69) is 30.3 Å². The third kappa shape index (κ3) is 3.90. The molecule has 1 atom stereocenters. The van der Waals surface area contributed by atoms with Crippen LogP contribution in [0.1, 0.15) is 12.6 Å². The first-order valence-corrected chi connectivity index (χ1v) is 11.0. The maximum absolute atomic E-state index is 13.1. The van der Waals surface area contributed by atoms with Crippen LogP contribution in [0.4, 0.5) is 36.8 Å². The van der Waals surface area contributed by atoms with Crippen LogP contribution in [0.3, 0.4) is 0 Å². The number of amides is 2. The number of hydrogen-bond acceptors (Lipinski definition) is 8. The van der Waals surface area contributed by atoms with Gasteiger partial charge in [0, 0.05) is 32.7 Å². The van der Waals surface area contributed by atoms with E-state index in [1.54, 1.807) is 34.8 Å². The van der Waals surface area contributed by atoms with Gasteiger partial charge < -0.3 is 25.8 Å². The van der Waals surface area contributed by atoms with Gasteiger partial charge in [-0.3, -0.25) is 4.68 Å². The standard InChI is InChI=1S/C21H26F2N10O/c1-12-9-31(6-7-33(12)18-17-15(8-25-30(17)3)27-19(24)29-18)20(34)28-14-4-5-16(26-13(14)2)32-10-21(22,23)11-32/h4-5,8,12H,6-7,9-11H2,1-3H3,(H,28,34)(H2,24,27,29)/t12-/m0/s1. The predicted molar refractivity (Wildman–Crippen MR) is 124 cm³/mol. The molecule has 2 aliphatic heterocycles. The van der Waals surface area contributed by atoms with Gasteiger partial charge in [0.1, 0.15) is 16.9 Å². The molecule has 0 unspecified atom stereocenters. The number of nitrogens with one attached hydrogen (secondary N) is 1. The Morgan fingerprint density at radius 1 is 1.21 bits per heavy atom. The Balaban J connectivity index is 1.26. The molecule has 3 N–H and O–H groups in total. The summed E-state index contributed by atoms with van der Waals surface area (Å²) in [4.78, 5) is 31.4. The van der Waals surface area contributed by atoms with Crippen LogP contribution in [0.2, 0.25) is 0 Å². The summed E-state index contributed by atoms with van der Waals surface area (Å²) in [6, 6.07) is 3.08. The average Bonchev–Trinajstić information content (AvgIpc) is 3.13. The molecule has 180 valence electrons. The van der Waals surface area contributed by atoms with Crippen LogP contribution < -0.4 is 20.9 Å². The molecule has 0 aromatic carbocycles. The Labute approximate surface area is 194 Å². The number of fused-ring (bicyclic) bond motifs is 1. The summed E-state index contributed by atoms with van der Waals surface area (Å²) in [6.45, 7) is 4.60. The van der Waals surface area contributed by atoms with E-state index in [1.165, 1.54) is 4.90 Å². The summed E-state index contributed by atoms with van der Waals surface area (Å²) in [6.07, 6.45) is 1.65. The monoisotopic (exact) mass is 472 g/mol. The summed E-state index contributed by atoms with van der Waals surface area (Å²) in [7, 11) is 1.83. The number of nitrogen functional groups attached to an aromatic ring is 1. The van der Waals surface area contributed by atoms with E-state index in [9.17, 15) is 13.6 Å². The van der Waals surface area contributed by atoms with Gasteiger partial charge in [0.05, 0.1) is 30.7 Å². The quantitative estimate of drug-likeness (QED) is 0.592.